The molecule has 0 saturated carbocycles. The fourth-order valence-corrected chi connectivity index (χ4v) is 3.98. The van der Waals surface area contributed by atoms with E-state index < -0.39 is 17.2 Å². The molecule has 1 aliphatic heterocycles. The molecule has 0 atom stereocenters. The van der Waals surface area contributed by atoms with Crippen molar-refractivity contribution in [3.8, 4) is 29.3 Å². The summed E-state index contributed by atoms with van der Waals surface area (Å²) in [6, 6.07) is 11.3. The number of ether oxygens (including phenoxy) is 2. The summed E-state index contributed by atoms with van der Waals surface area (Å²) in [5.41, 5.74) is -0.464. The molecule has 0 unspecified atom stereocenters. The highest BCUT2D eigenvalue weighted by Gasteiger charge is 2.16. The summed E-state index contributed by atoms with van der Waals surface area (Å²) < 4.78 is 39.6. The zero-order valence-electron chi connectivity index (χ0n) is 15.2. The van der Waals surface area contributed by atoms with Crippen LogP contribution in [0.2, 0.25) is 0 Å². The zero-order valence-corrected chi connectivity index (χ0v) is 16.0. The van der Waals surface area contributed by atoms with Gasteiger partial charge < -0.3 is 9.47 Å². The molecule has 0 aliphatic carbocycles. The normalized spacial score (nSPS) is 12.9. The van der Waals surface area contributed by atoms with Gasteiger partial charge in [-0.1, -0.05) is 0 Å². The van der Waals surface area contributed by atoms with Gasteiger partial charge in [0.2, 0.25) is 0 Å². The largest absolute Gasteiger partial charge is 0.486 e. The van der Waals surface area contributed by atoms with Crippen molar-refractivity contribution in [1.29, 1.82) is 10.5 Å². The van der Waals surface area contributed by atoms with E-state index in [1.807, 2.05) is 0 Å². The maximum absolute atomic E-state index is 14.1. The lowest BCUT2D eigenvalue weighted by atomic mass is 10.2. The Bertz CT molecular complexity index is 1410. The van der Waals surface area contributed by atoms with E-state index in [-0.39, 0.29) is 20.3 Å². The minimum Gasteiger partial charge on any atom is -0.486 e. The van der Waals surface area contributed by atoms with Crippen molar-refractivity contribution >= 4 is 23.0 Å². The number of thiazole rings is 1. The van der Waals surface area contributed by atoms with Crippen molar-refractivity contribution in [3.05, 3.63) is 73.1 Å². The third-order valence-corrected chi connectivity index (χ3v) is 5.39. The molecule has 2 heterocycles. The molecule has 9 heteroatoms. The van der Waals surface area contributed by atoms with Crippen molar-refractivity contribution < 1.29 is 18.3 Å². The number of halogens is 2. The summed E-state index contributed by atoms with van der Waals surface area (Å²) in [5, 5.41) is 18.7. The summed E-state index contributed by atoms with van der Waals surface area (Å²) >= 11 is 0.864. The molecule has 0 N–H and O–H groups in total. The predicted molar refractivity (Wildman–Crippen MR) is 105 cm³/mol. The van der Waals surface area contributed by atoms with Crippen LogP contribution in [0.1, 0.15) is 5.56 Å². The molecule has 0 spiro atoms. The van der Waals surface area contributed by atoms with Gasteiger partial charge in [-0.05, 0) is 30.3 Å². The molecule has 30 heavy (non-hydrogen) atoms. The molecule has 0 saturated heterocycles. The van der Waals surface area contributed by atoms with Crippen LogP contribution in [0.15, 0.2) is 41.2 Å². The third-order valence-electron chi connectivity index (χ3n) is 4.29. The molecule has 1 aliphatic rings. The van der Waals surface area contributed by atoms with Crippen molar-refractivity contribution in [2.75, 3.05) is 13.2 Å². The summed E-state index contributed by atoms with van der Waals surface area (Å²) in [6.45, 7) is 0.748. The van der Waals surface area contributed by atoms with Gasteiger partial charge in [0.05, 0.1) is 10.2 Å². The van der Waals surface area contributed by atoms with Crippen LogP contribution in [0.5, 0.6) is 11.5 Å². The molecular formula is C21H11F2N3O3S. The first-order valence-corrected chi connectivity index (χ1v) is 9.46. The monoisotopic (exact) mass is 423 g/mol. The van der Waals surface area contributed by atoms with Crippen LogP contribution in [-0.4, -0.2) is 17.8 Å². The first-order chi connectivity index (χ1) is 14.5. The maximum atomic E-state index is 14.1. The van der Waals surface area contributed by atoms with Crippen molar-refractivity contribution in [1.82, 2.24) is 4.57 Å². The van der Waals surface area contributed by atoms with Crippen LogP contribution < -0.4 is 24.2 Å². The van der Waals surface area contributed by atoms with E-state index in [4.69, 9.17) is 9.47 Å². The number of benzene rings is 2. The van der Waals surface area contributed by atoms with Crippen LogP contribution in [0.4, 0.5) is 8.78 Å². The number of hydrogen-bond acceptors (Lipinski definition) is 6. The van der Waals surface area contributed by atoms with Gasteiger partial charge in [-0.3, -0.25) is 9.36 Å². The lowest BCUT2D eigenvalue weighted by Gasteiger charge is -2.18. The van der Waals surface area contributed by atoms with E-state index in [1.54, 1.807) is 30.3 Å². The van der Waals surface area contributed by atoms with E-state index in [2.05, 4.69) is 0 Å². The first kappa shape index (κ1) is 19.4. The minimum absolute atomic E-state index is 0.00564. The second-order valence-electron chi connectivity index (χ2n) is 6.15. The maximum Gasteiger partial charge on any atom is 0.273 e. The van der Waals surface area contributed by atoms with Gasteiger partial charge in [0.1, 0.15) is 41.6 Å². The minimum atomic E-state index is -0.833. The molecule has 1 aromatic heterocycles. The van der Waals surface area contributed by atoms with E-state index in [1.165, 1.54) is 16.7 Å². The second kappa shape index (κ2) is 7.82. The van der Waals surface area contributed by atoms with E-state index >= 15 is 0 Å². The zero-order chi connectivity index (χ0) is 21.3. The van der Waals surface area contributed by atoms with Crippen LogP contribution >= 0.6 is 11.3 Å². The number of nitrogens with zero attached hydrogens (tertiary/aromatic N) is 3. The van der Waals surface area contributed by atoms with Crippen LogP contribution in [0.25, 0.3) is 17.3 Å². The number of hydrogen-bond donors (Lipinski definition) is 0. The van der Waals surface area contributed by atoms with E-state index in [0.29, 0.717) is 36.5 Å². The van der Waals surface area contributed by atoms with Crippen molar-refractivity contribution in [3.63, 3.8) is 0 Å². The lowest BCUT2D eigenvalue weighted by molar-refractivity contribution is 0.171. The fraction of sp³-hybridized carbons (Fsp3) is 0.0952. The van der Waals surface area contributed by atoms with Crippen LogP contribution in [0, 0.1) is 34.3 Å². The summed E-state index contributed by atoms with van der Waals surface area (Å²) in [6.07, 6.45) is 1.26. The SMILES string of the molecule is N#CC(C#N)=c1s/c(=C/c2ccc(F)cc2F)c(=O)n1-c1ccc2c(c1)OCCO2. The average molecular weight is 423 g/mol. The quantitative estimate of drug-likeness (QED) is 0.629. The topological polar surface area (TPSA) is 88.0 Å². The molecule has 0 fully saturated rings. The average Bonchev–Trinajstić information content (AvgIpc) is 3.06. The Hall–Kier alpha value is -3.95. The molecule has 2 aromatic carbocycles. The smallest absolute Gasteiger partial charge is 0.273 e. The lowest BCUT2D eigenvalue weighted by Crippen LogP contribution is -2.30. The Balaban J connectivity index is 2.01. The van der Waals surface area contributed by atoms with Gasteiger partial charge in [-0.15, -0.1) is 11.3 Å². The van der Waals surface area contributed by atoms with E-state index in [0.717, 1.165) is 17.4 Å². The molecule has 0 radical (unpaired) electrons. The van der Waals surface area contributed by atoms with Crippen LogP contribution in [0.3, 0.4) is 0 Å². The molecule has 148 valence electrons. The molecular weight excluding hydrogens is 412 g/mol. The highest BCUT2D eigenvalue weighted by Crippen LogP contribution is 2.31. The van der Waals surface area contributed by atoms with Crippen LogP contribution in [-0.2, 0) is 0 Å². The van der Waals surface area contributed by atoms with Gasteiger partial charge in [0.25, 0.3) is 5.56 Å². The van der Waals surface area contributed by atoms with Gasteiger partial charge in [0, 0.05) is 17.7 Å². The Morgan fingerprint density at radius 2 is 1.80 bits per heavy atom. The Morgan fingerprint density at radius 3 is 2.50 bits per heavy atom. The number of nitriles is 2. The standard InChI is InChI=1S/C21H11F2N3O3S/c22-14-2-1-12(16(23)8-14)7-19-20(27)26(21(30-19)13(10-24)11-25)15-3-4-17-18(9-15)29-6-5-28-17/h1-4,7-9H,5-6H2/b19-7+. The van der Waals surface area contributed by atoms with E-state index in [9.17, 15) is 24.1 Å². The Morgan fingerprint density at radius 1 is 1.07 bits per heavy atom. The van der Waals surface area contributed by atoms with Crippen molar-refractivity contribution in [2.24, 2.45) is 0 Å². The predicted octanol–water partition coefficient (Wildman–Crippen LogP) is 1.98. The third kappa shape index (κ3) is 3.43. The van der Waals surface area contributed by atoms with Crippen molar-refractivity contribution in [2.45, 2.75) is 0 Å². The summed E-state index contributed by atoms with van der Waals surface area (Å²) in [7, 11) is 0. The number of rotatable bonds is 2. The fourth-order valence-electron chi connectivity index (χ4n) is 2.94. The molecule has 6 nitrogen and oxygen atoms in total. The number of fused-ring (bicyclic) bond motifs is 1. The summed E-state index contributed by atoms with van der Waals surface area (Å²) in [5.74, 6) is -0.636. The second-order valence-corrected chi connectivity index (χ2v) is 7.18. The van der Waals surface area contributed by atoms with Gasteiger partial charge in [-0.25, -0.2) is 8.78 Å². The molecule has 4 rings (SSSR count). The highest BCUT2D eigenvalue weighted by atomic mass is 32.1. The molecule has 0 bridgehead atoms. The summed E-state index contributed by atoms with van der Waals surface area (Å²) in [4.78, 5) is 13.1. The number of aromatic nitrogens is 1. The highest BCUT2D eigenvalue weighted by molar-refractivity contribution is 7.07. The van der Waals surface area contributed by atoms with Gasteiger partial charge in [-0.2, -0.15) is 10.5 Å². The molecule has 0 amide bonds. The first-order valence-electron chi connectivity index (χ1n) is 8.65. The molecule has 3 aromatic rings. The van der Waals surface area contributed by atoms with Gasteiger partial charge in [0.15, 0.2) is 17.1 Å². The Kier molecular flexibility index (Phi) is 5.05. The Labute approximate surface area is 172 Å². The van der Waals surface area contributed by atoms with Gasteiger partial charge >= 0.3 is 0 Å².